The van der Waals surface area contributed by atoms with Gasteiger partial charge in [-0.3, -0.25) is 4.79 Å². The largest absolute Gasteiger partial charge is 0.495 e. The molecule has 1 aromatic carbocycles. The highest BCUT2D eigenvalue weighted by Gasteiger charge is 2.39. The molecule has 1 aromatic rings. The third-order valence-corrected chi connectivity index (χ3v) is 4.09. The zero-order chi connectivity index (χ0) is 19.5. The number of anilines is 1. The summed E-state index contributed by atoms with van der Waals surface area (Å²) in [6, 6.07) is 7.37. The van der Waals surface area contributed by atoms with Crippen molar-refractivity contribution in [3.63, 3.8) is 0 Å². The van der Waals surface area contributed by atoms with E-state index in [1.54, 1.807) is 34.0 Å². The van der Waals surface area contributed by atoms with Gasteiger partial charge in [-0.05, 0) is 38.8 Å². The minimum atomic E-state index is -0.656. The molecule has 0 bridgehead atoms. The SMILES string of the molecule is COc1ccccc1NC(C(C)C)C1C=CN(C(=O)OC(C)(C)C)C1=O. The molecule has 0 saturated carbocycles. The molecule has 2 unspecified atom stereocenters. The molecule has 1 aliphatic rings. The molecular formula is C20H28N2O4. The molecule has 0 spiro atoms. The highest BCUT2D eigenvalue weighted by Crippen LogP contribution is 2.30. The summed E-state index contributed by atoms with van der Waals surface area (Å²) in [6.07, 6.45) is 2.60. The normalized spacial score (nSPS) is 18.2. The summed E-state index contributed by atoms with van der Waals surface area (Å²) in [5, 5.41) is 3.40. The van der Waals surface area contributed by atoms with Gasteiger partial charge < -0.3 is 14.8 Å². The van der Waals surface area contributed by atoms with Crippen molar-refractivity contribution in [1.29, 1.82) is 0 Å². The number of hydrogen-bond acceptors (Lipinski definition) is 5. The van der Waals surface area contributed by atoms with Crippen molar-refractivity contribution >= 4 is 17.7 Å². The lowest BCUT2D eigenvalue weighted by molar-refractivity contribution is -0.129. The van der Waals surface area contributed by atoms with E-state index in [1.807, 2.05) is 38.1 Å². The Hall–Kier alpha value is -2.50. The van der Waals surface area contributed by atoms with Crippen LogP contribution in [-0.4, -0.2) is 35.7 Å². The van der Waals surface area contributed by atoms with Crippen LogP contribution in [0.5, 0.6) is 5.75 Å². The van der Waals surface area contributed by atoms with Crippen LogP contribution in [-0.2, 0) is 9.53 Å². The van der Waals surface area contributed by atoms with Gasteiger partial charge in [-0.25, -0.2) is 9.69 Å². The Bertz CT molecular complexity index is 691. The minimum Gasteiger partial charge on any atom is -0.495 e. The van der Waals surface area contributed by atoms with E-state index in [9.17, 15) is 9.59 Å². The van der Waals surface area contributed by atoms with Crippen LogP contribution in [0.15, 0.2) is 36.5 Å². The molecule has 0 aromatic heterocycles. The zero-order valence-corrected chi connectivity index (χ0v) is 16.3. The number of carbonyl (C=O) groups is 2. The Morgan fingerprint density at radius 2 is 1.88 bits per heavy atom. The Balaban J connectivity index is 2.18. The predicted octanol–water partition coefficient (Wildman–Crippen LogP) is 4.04. The summed E-state index contributed by atoms with van der Waals surface area (Å²) in [5.41, 5.74) is 0.154. The van der Waals surface area contributed by atoms with Gasteiger partial charge in [0.25, 0.3) is 0 Å². The van der Waals surface area contributed by atoms with Gasteiger partial charge in [0, 0.05) is 12.2 Å². The van der Waals surface area contributed by atoms with Crippen LogP contribution >= 0.6 is 0 Å². The number of amides is 2. The zero-order valence-electron chi connectivity index (χ0n) is 16.3. The van der Waals surface area contributed by atoms with Crippen molar-refractivity contribution in [2.75, 3.05) is 12.4 Å². The van der Waals surface area contributed by atoms with Crippen LogP contribution < -0.4 is 10.1 Å². The van der Waals surface area contributed by atoms with Gasteiger partial charge >= 0.3 is 6.09 Å². The van der Waals surface area contributed by atoms with Crippen molar-refractivity contribution < 1.29 is 19.1 Å². The number of para-hydroxylation sites is 2. The fourth-order valence-electron chi connectivity index (χ4n) is 2.84. The topological polar surface area (TPSA) is 67.9 Å². The number of methoxy groups -OCH3 is 1. The van der Waals surface area contributed by atoms with E-state index in [4.69, 9.17) is 9.47 Å². The minimum absolute atomic E-state index is 0.150. The van der Waals surface area contributed by atoms with Crippen molar-refractivity contribution in [1.82, 2.24) is 4.90 Å². The maximum Gasteiger partial charge on any atom is 0.421 e. The summed E-state index contributed by atoms with van der Waals surface area (Å²) in [5.74, 6) is 0.0986. The van der Waals surface area contributed by atoms with E-state index in [1.165, 1.54) is 6.20 Å². The van der Waals surface area contributed by atoms with E-state index >= 15 is 0 Å². The lowest BCUT2D eigenvalue weighted by Gasteiger charge is -2.29. The second kappa shape index (κ2) is 7.81. The van der Waals surface area contributed by atoms with E-state index < -0.39 is 17.6 Å². The molecular weight excluding hydrogens is 332 g/mol. The van der Waals surface area contributed by atoms with Crippen LogP contribution in [0.2, 0.25) is 0 Å². The molecule has 0 fully saturated rings. The Morgan fingerprint density at radius 3 is 2.46 bits per heavy atom. The van der Waals surface area contributed by atoms with Crippen molar-refractivity contribution in [3.8, 4) is 5.75 Å². The fourth-order valence-corrected chi connectivity index (χ4v) is 2.84. The highest BCUT2D eigenvalue weighted by atomic mass is 16.6. The summed E-state index contributed by atoms with van der Waals surface area (Å²) in [6.45, 7) is 9.38. The summed E-state index contributed by atoms with van der Waals surface area (Å²) < 4.78 is 10.7. The van der Waals surface area contributed by atoms with E-state index in [2.05, 4.69) is 5.32 Å². The molecule has 6 heteroatoms. The Labute approximate surface area is 155 Å². The van der Waals surface area contributed by atoms with Gasteiger partial charge in [0.1, 0.15) is 11.4 Å². The molecule has 0 saturated heterocycles. The summed E-state index contributed by atoms with van der Waals surface area (Å²) in [4.78, 5) is 26.1. The molecule has 26 heavy (non-hydrogen) atoms. The van der Waals surface area contributed by atoms with E-state index in [0.717, 1.165) is 10.6 Å². The Morgan fingerprint density at radius 1 is 1.23 bits per heavy atom. The third-order valence-electron chi connectivity index (χ3n) is 4.09. The van der Waals surface area contributed by atoms with Crippen LogP contribution in [0.3, 0.4) is 0 Å². The predicted molar refractivity (Wildman–Crippen MR) is 101 cm³/mol. The molecule has 142 valence electrons. The van der Waals surface area contributed by atoms with Gasteiger partial charge in [0.05, 0.1) is 18.7 Å². The second-order valence-electron chi connectivity index (χ2n) is 7.67. The number of benzene rings is 1. The first-order chi connectivity index (χ1) is 12.1. The molecule has 1 aliphatic heterocycles. The van der Waals surface area contributed by atoms with Gasteiger partial charge in [-0.2, -0.15) is 0 Å². The first-order valence-corrected chi connectivity index (χ1v) is 8.78. The van der Waals surface area contributed by atoms with Gasteiger partial charge in [-0.1, -0.05) is 32.1 Å². The smallest absolute Gasteiger partial charge is 0.421 e. The molecule has 1 N–H and O–H groups in total. The maximum absolute atomic E-state index is 12.8. The lowest BCUT2D eigenvalue weighted by atomic mass is 9.90. The van der Waals surface area contributed by atoms with Crippen LogP contribution in [0.4, 0.5) is 10.5 Å². The number of imide groups is 1. The Kier molecular flexibility index (Phi) is 5.95. The van der Waals surface area contributed by atoms with Gasteiger partial charge in [0.15, 0.2) is 0 Å². The number of carbonyl (C=O) groups excluding carboxylic acids is 2. The average molecular weight is 360 g/mol. The third kappa shape index (κ3) is 4.56. The number of nitrogens with zero attached hydrogens (tertiary/aromatic N) is 1. The number of rotatable bonds is 5. The molecule has 0 radical (unpaired) electrons. The molecule has 2 atom stereocenters. The monoisotopic (exact) mass is 360 g/mol. The average Bonchev–Trinajstić information content (AvgIpc) is 2.92. The molecule has 2 amide bonds. The second-order valence-corrected chi connectivity index (χ2v) is 7.67. The van der Waals surface area contributed by atoms with E-state index in [-0.39, 0.29) is 17.9 Å². The maximum atomic E-state index is 12.8. The number of nitrogens with one attached hydrogen (secondary N) is 1. The fraction of sp³-hybridized carbons (Fsp3) is 0.500. The molecule has 6 nitrogen and oxygen atoms in total. The standard InChI is InChI=1S/C20H28N2O4/c1-13(2)17(21-15-9-7-8-10-16(15)25-6)14-11-12-22(18(14)23)19(24)26-20(3,4)5/h7-14,17,21H,1-6H3. The van der Waals surface area contributed by atoms with E-state index in [0.29, 0.717) is 5.75 Å². The molecule has 2 rings (SSSR count). The molecule has 0 aliphatic carbocycles. The highest BCUT2D eigenvalue weighted by molar-refractivity contribution is 5.98. The van der Waals surface area contributed by atoms with Gasteiger partial charge in [0.2, 0.25) is 5.91 Å². The van der Waals surface area contributed by atoms with Crippen LogP contribution in [0.25, 0.3) is 0 Å². The quantitative estimate of drug-likeness (QED) is 0.858. The van der Waals surface area contributed by atoms with Gasteiger partial charge in [-0.15, -0.1) is 0 Å². The lowest BCUT2D eigenvalue weighted by Crippen LogP contribution is -2.43. The molecule has 1 heterocycles. The van der Waals surface area contributed by atoms with Crippen molar-refractivity contribution in [2.45, 2.75) is 46.3 Å². The van der Waals surface area contributed by atoms with Crippen molar-refractivity contribution in [2.24, 2.45) is 11.8 Å². The number of hydrogen-bond donors (Lipinski definition) is 1. The van der Waals surface area contributed by atoms with Crippen LogP contribution in [0, 0.1) is 11.8 Å². The first kappa shape index (κ1) is 19.8. The van der Waals surface area contributed by atoms with Crippen molar-refractivity contribution in [3.05, 3.63) is 36.5 Å². The summed E-state index contributed by atoms with van der Waals surface area (Å²) in [7, 11) is 1.61. The summed E-state index contributed by atoms with van der Waals surface area (Å²) >= 11 is 0. The van der Waals surface area contributed by atoms with Crippen LogP contribution in [0.1, 0.15) is 34.6 Å². The number of ether oxygens (including phenoxy) is 2. The first-order valence-electron chi connectivity index (χ1n) is 8.78.